The summed E-state index contributed by atoms with van der Waals surface area (Å²) in [6.45, 7) is 0. The van der Waals surface area contributed by atoms with E-state index in [0.29, 0.717) is 10.9 Å². The summed E-state index contributed by atoms with van der Waals surface area (Å²) in [5, 5.41) is 10.4. The Morgan fingerprint density at radius 2 is 1.68 bits per heavy atom. The molecule has 5 aromatic rings. The third-order valence-electron chi connectivity index (χ3n) is 4.19. The molecule has 3 aromatic carbocycles. The highest BCUT2D eigenvalue weighted by atomic mass is 35.5. The predicted octanol–water partition coefficient (Wildman–Crippen LogP) is 4.88. The fourth-order valence-corrected chi connectivity index (χ4v) is 3.22. The minimum absolute atomic E-state index is 0.573. The van der Waals surface area contributed by atoms with Crippen LogP contribution in [0.3, 0.4) is 0 Å². The van der Waals surface area contributed by atoms with Gasteiger partial charge in [-0.05, 0) is 35.7 Å². The van der Waals surface area contributed by atoms with Crippen LogP contribution in [0.4, 0.5) is 0 Å². The molecule has 0 amide bonds. The summed E-state index contributed by atoms with van der Waals surface area (Å²) in [5.74, 6) is 0.573. The number of nitrogens with zero attached hydrogens (tertiary/aromatic N) is 4. The molecule has 0 saturated heterocycles. The first-order valence-electron chi connectivity index (χ1n) is 7.73. The maximum atomic E-state index is 6.31. The van der Waals surface area contributed by atoms with Gasteiger partial charge in [0.05, 0.1) is 5.69 Å². The molecule has 0 aliphatic carbocycles. The Bertz CT molecular complexity index is 1210. The lowest BCUT2D eigenvalue weighted by atomic mass is 10.0. The molecule has 2 heterocycles. The van der Waals surface area contributed by atoms with Gasteiger partial charge in [-0.25, -0.2) is 4.98 Å². The van der Waals surface area contributed by atoms with E-state index in [1.54, 1.807) is 12.7 Å². The molecule has 0 unspecified atom stereocenters. The Labute approximate surface area is 147 Å². The van der Waals surface area contributed by atoms with E-state index in [-0.39, 0.29) is 0 Å². The Hall–Kier alpha value is -3.18. The molecule has 6 heteroatoms. The molecule has 0 aliphatic rings. The number of fused-ring (bicyclic) bond motifs is 2. The monoisotopic (exact) mass is 346 g/mol. The third kappa shape index (κ3) is 2.28. The summed E-state index contributed by atoms with van der Waals surface area (Å²) in [7, 11) is 0. The van der Waals surface area contributed by atoms with Crippen molar-refractivity contribution in [3.8, 4) is 17.1 Å². The first kappa shape index (κ1) is 14.2. The number of rotatable bonds is 2. The maximum absolute atomic E-state index is 6.31. The van der Waals surface area contributed by atoms with Crippen LogP contribution in [-0.4, -0.2) is 19.7 Å². The standard InChI is InChI=1S/C19H11ClN4O/c20-16-6-2-3-13-14(16)4-1-5-15(13)19-23-17-9-12(7-8-18(17)25-19)24-10-21-22-11-24/h1-11H. The lowest BCUT2D eigenvalue weighted by molar-refractivity contribution is 0.620. The fourth-order valence-electron chi connectivity index (χ4n) is 2.98. The SMILES string of the molecule is Clc1cccc2c(-c3nc4cc(-n5cnnc5)ccc4o3)cccc12. The van der Waals surface area contributed by atoms with Crippen molar-refractivity contribution < 1.29 is 4.42 Å². The van der Waals surface area contributed by atoms with Crippen LogP contribution < -0.4 is 0 Å². The van der Waals surface area contributed by atoms with Gasteiger partial charge in [-0.2, -0.15) is 0 Å². The Morgan fingerprint density at radius 3 is 2.56 bits per heavy atom. The lowest BCUT2D eigenvalue weighted by Gasteiger charge is -2.04. The predicted molar refractivity (Wildman–Crippen MR) is 96.9 cm³/mol. The number of hydrogen-bond donors (Lipinski definition) is 0. The number of halogens is 1. The van der Waals surface area contributed by atoms with Crippen molar-refractivity contribution >= 4 is 33.5 Å². The number of hydrogen-bond acceptors (Lipinski definition) is 4. The second-order valence-electron chi connectivity index (χ2n) is 5.68. The molecule has 2 aromatic heterocycles. The van der Waals surface area contributed by atoms with E-state index >= 15 is 0 Å². The van der Waals surface area contributed by atoms with Gasteiger partial charge >= 0.3 is 0 Å². The highest BCUT2D eigenvalue weighted by Crippen LogP contribution is 2.33. The Balaban J connectivity index is 1.70. The van der Waals surface area contributed by atoms with Crippen molar-refractivity contribution in [1.29, 1.82) is 0 Å². The Kier molecular flexibility index (Phi) is 3.08. The van der Waals surface area contributed by atoms with Gasteiger partial charge in [0, 0.05) is 16.0 Å². The van der Waals surface area contributed by atoms with E-state index < -0.39 is 0 Å². The van der Waals surface area contributed by atoms with Gasteiger partial charge in [-0.15, -0.1) is 10.2 Å². The second kappa shape index (κ2) is 5.43. The maximum Gasteiger partial charge on any atom is 0.227 e. The quantitative estimate of drug-likeness (QED) is 0.457. The molecule has 0 saturated carbocycles. The van der Waals surface area contributed by atoms with Crippen LogP contribution in [0, 0.1) is 0 Å². The minimum Gasteiger partial charge on any atom is -0.436 e. The first-order chi connectivity index (χ1) is 12.3. The highest BCUT2D eigenvalue weighted by Gasteiger charge is 2.13. The summed E-state index contributed by atoms with van der Waals surface area (Å²) in [4.78, 5) is 4.67. The highest BCUT2D eigenvalue weighted by molar-refractivity contribution is 6.35. The second-order valence-corrected chi connectivity index (χ2v) is 6.09. The van der Waals surface area contributed by atoms with Gasteiger partial charge in [0.2, 0.25) is 5.89 Å². The van der Waals surface area contributed by atoms with E-state index in [0.717, 1.165) is 33.1 Å². The van der Waals surface area contributed by atoms with Crippen LogP contribution in [0.2, 0.25) is 5.02 Å². The van der Waals surface area contributed by atoms with Crippen LogP contribution >= 0.6 is 11.6 Å². The smallest absolute Gasteiger partial charge is 0.227 e. The molecule has 0 aliphatic heterocycles. The number of aromatic nitrogens is 4. The van der Waals surface area contributed by atoms with Crippen LogP contribution in [0.25, 0.3) is 39.0 Å². The molecule has 120 valence electrons. The number of benzene rings is 3. The molecule has 0 bridgehead atoms. The normalized spacial score (nSPS) is 11.4. The molecular formula is C19H11ClN4O. The number of oxazole rings is 1. The topological polar surface area (TPSA) is 56.7 Å². The largest absolute Gasteiger partial charge is 0.436 e. The van der Waals surface area contributed by atoms with E-state index in [9.17, 15) is 0 Å². The molecule has 25 heavy (non-hydrogen) atoms. The first-order valence-corrected chi connectivity index (χ1v) is 8.10. The summed E-state index contributed by atoms with van der Waals surface area (Å²) in [6, 6.07) is 17.6. The van der Waals surface area contributed by atoms with Crippen molar-refractivity contribution in [2.45, 2.75) is 0 Å². The molecule has 0 radical (unpaired) electrons. The van der Waals surface area contributed by atoms with Crippen molar-refractivity contribution in [2.75, 3.05) is 0 Å². The zero-order valence-electron chi connectivity index (χ0n) is 12.9. The molecular weight excluding hydrogens is 336 g/mol. The zero-order valence-corrected chi connectivity index (χ0v) is 13.7. The molecule has 5 nitrogen and oxygen atoms in total. The summed E-state index contributed by atoms with van der Waals surface area (Å²) in [6.07, 6.45) is 3.30. The van der Waals surface area contributed by atoms with E-state index in [1.807, 2.05) is 59.2 Å². The van der Waals surface area contributed by atoms with Crippen LogP contribution in [0.1, 0.15) is 0 Å². The van der Waals surface area contributed by atoms with Crippen molar-refractivity contribution in [3.05, 3.63) is 72.3 Å². The summed E-state index contributed by atoms with van der Waals surface area (Å²) >= 11 is 6.31. The van der Waals surface area contributed by atoms with Gasteiger partial charge in [0.25, 0.3) is 0 Å². The third-order valence-corrected chi connectivity index (χ3v) is 4.52. The average molecular weight is 347 g/mol. The van der Waals surface area contributed by atoms with Gasteiger partial charge in [0.1, 0.15) is 18.2 Å². The van der Waals surface area contributed by atoms with Gasteiger partial charge in [0.15, 0.2) is 5.58 Å². The zero-order chi connectivity index (χ0) is 16.8. The molecule has 0 spiro atoms. The average Bonchev–Trinajstić information content (AvgIpc) is 3.30. The van der Waals surface area contributed by atoms with Crippen molar-refractivity contribution in [2.24, 2.45) is 0 Å². The lowest BCUT2D eigenvalue weighted by Crippen LogP contribution is -1.89. The van der Waals surface area contributed by atoms with E-state index in [4.69, 9.17) is 16.0 Å². The fraction of sp³-hybridized carbons (Fsp3) is 0. The van der Waals surface area contributed by atoms with Gasteiger partial charge in [-0.3, -0.25) is 4.57 Å². The van der Waals surface area contributed by atoms with Gasteiger partial charge < -0.3 is 4.42 Å². The minimum atomic E-state index is 0.573. The van der Waals surface area contributed by atoms with Crippen molar-refractivity contribution in [1.82, 2.24) is 19.7 Å². The van der Waals surface area contributed by atoms with Crippen LogP contribution in [0.15, 0.2) is 71.7 Å². The molecule has 0 N–H and O–H groups in total. The summed E-state index contributed by atoms with van der Waals surface area (Å²) in [5.41, 5.74) is 3.35. The van der Waals surface area contributed by atoms with Crippen LogP contribution in [-0.2, 0) is 0 Å². The molecule has 5 rings (SSSR count). The van der Waals surface area contributed by atoms with Crippen molar-refractivity contribution in [3.63, 3.8) is 0 Å². The Morgan fingerprint density at radius 1 is 0.880 bits per heavy atom. The van der Waals surface area contributed by atoms with Gasteiger partial charge in [-0.1, -0.05) is 35.9 Å². The molecule has 0 atom stereocenters. The van der Waals surface area contributed by atoms with Crippen LogP contribution in [0.5, 0.6) is 0 Å². The van der Waals surface area contributed by atoms with E-state index in [1.165, 1.54) is 0 Å². The molecule has 0 fully saturated rings. The van der Waals surface area contributed by atoms with E-state index in [2.05, 4.69) is 15.2 Å². The summed E-state index contributed by atoms with van der Waals surface area (Å²) < 4.78 is 7.80.